The molecular formula is C14H16F2N4. The van der Waals surface area contributed by atoms with Crippen molar-refractivity contribution in [2.75, 3.05) is 10.7 Å². The zero-order chi connectivity index (χ0) is 14.7. The molecule has 2 rings (SSSR count). The van der Waals surface area contributed by atoms with Crippen molar-refractivity contribution in [3.63, 3.8) is 0 Å². The van der Waals surface area contributed by atoms with E-state index in [9.17, 15) is 8.78 Å². The van der Waals surface area contributed by atoms with Gasteiger partial charge in [-0.05, 0) is 17.5 Å². The van der Waals surface area contributed by atoms with Gasteiger partial charge in [0.25, 0.3) is 0 Å². The first-order chi connectivity index (χ1) is 9.52. The van der Waals surface area contributed by atoms with Crippen LogP contribution in [0.5, 0.6) is 0 Å². The van der Waals surface area contributed by atoms with Crippen LogP contribution >= 0.6 is 0 Å². The van der Waals surface area contributed by atoms with E-state index in [1.165, 1.54) is 0 Å². The largest absolute Gasteiger partial charge is 0.337 e. The van der Waals surface area contributed by atoms with Crippen LogP contribution in [0.1, 0.15) is 25.3 Å². The van der Waals surface area contributed by atoms with Crippen LogP contribution in [0.2, 0.25) is 0 Å². The maximum Gasteiger partial charge on any atom is 0.178 e. The summed E-state index contributed by atoms with van der Waals surface area (Å²) in [6.45, 7) is 4.06. The van der Waals surface area contributed by atoms with Crippen molar-refractivity contribution in [2.45, 2.75) is 19.8 Å². The topological polar surface area (TPSA) is 63.0 Å². The maximum absolute atomic E-state index is 13.8. The lowest BCUT2D eigenvalue weighted by Gasteiger charge is -2.15. The third-order valence-corrected chi connectivity index (χ3v) is 2.90. The van der Waals surface area contributed by atoms with Gasteiger partial charge in [-0.3, -0.25) is 0 Å². The lowest BCUT2D eigenvalue weighted by molar-refractivity contribution is 0.579. The number of hydrazine groups is 1. The summed E-state index contributed by atoms with van der Waals surface area (Å²) in [5.41, 5.74) is 3.83. The van der Waals surface area contributed by atoms with Crippen LogP contribution in [0.4, 0.5) is 26.1 Å². The summed E-state index contributed by atoms with van der Waals surface area (Å²) in [6, 6.07) is 8.23. The molecule has 0 atom stereocenters. The molecule has 4 nitrogen and oxygen atoms in total. The summed E-state index contributed by atoms with van der Waals surface area (Å²) >= 11 is 0. The number of aromatic nitrogens is 1. The van der Waals surface area contributed by atoms with Crippen molar-refractivity contribution in [3.8, 4) is 0 Å². The molecule has 0 saturated carbocycles. The quantitative estimate of drug-likeness (QED) is 0.591. The average molecular weight is 278 g/mol. The van der Waals surface area contributed by atoms with Gasteiger partial charge in [-0.15, -0.1) is 0 Å². The van der Waals surface area contributed by atoms with Crippen LogP contribution in [-0.2, 0) is 0 Å². The lowest BCUT2D eigenvalue weighted by Crippen LogP contribution is -2.12. The van der Waals surface area contributed by atoms with Crippen molar-refractivity contribution in [1.29, 1.82) is 0 Å². The molecule has 0 spiro atoms. The van der Waals surface area contributed by atoms with Gasteiger partial charge in [0, 0.05) is 11.8 Å². The summed E-state index contributed by atoms with van der Waals surface area (Å²) in [6.07, 6.45) is 0. The molecule has 6 heteroatoms. The molecule has 0 unspecified atom stereocenters. The van der Waals surface area contributed by atoms with Crippen molar-refractivity contribution >= 4 is 17.3 Å². The van der Waals surface area contributed by atoms with E-state index in [1.54, 1.807) is 0 Å². The Bertz CT molecular complexity index is 614. The summed E-state index contributed by atoms with van der Waals surface area (Å²) < 4.78 is 27.1. The van der Waals surface area contributed by atoms with E-state index in [4.69, 9.17) is 5.84 Å². The fourth-order valence-corrected chi connectivity index (χ4v) is 1.90. The Morgan fingerprint density at radius 2 is 1.75 bits per heavy atom. The lowest BCUT2D eigenvalue weighted by atomic mass is 10.0. The summed E-state index contributed by atoms with van der Waals surface area (Å²) in [7, 11) is 0. The van der Waals surface area contributed by atoms with E-state index in [-0.39, 0.29) is 17.6 Å². The van der Waals surface area contributed by atoms with E-state index in [0.717, 1.165) is 17.3 Å². The molecule has 1 aromatic carbocycles. The number of benzene rings is 1. The second kappa shape index (κ2) is 5.83. The summed E-state index contributed by atoms with van der Waals surface area (Å²) in [5, 5.41) is 2.88. The Morgan fingerprint density at radius 1 is 1.10 bits per heavy atom. The first kappa shape index (κ1) is 14.2. The first-order valence-electron chi connectivity index (χ1n) is 6.21. The first-order valence-corrected chi connectivity index (χ1v) is 6.21. The summed E-state index contributed by atoms with van der Waals surface area (Å²) in [5.74, 6) is 3.49. The Hall–Kier alpha value is -2.21. The molecule has 106 valence electrons. The third kappa shape index (κ3) is 2.85. The fraction of sp³-hybridized carbons (Fsp3) is 0.214. The number of pyridine rings is 1. The number of nitrogen functional groups attached to an aromatic ring is 1. The van der Waals surface area contributed by atoms with Gasteiger partial charge in [-0.25, -0.2) is 19.6 Å². The van der Waals surface area contributed by atoms with Crippen LogP contribution in [0.25, 0.3) is 0 Å². The minimum Gasteiger partial charge on any atom is -0.337 e. The zero-order valence-corrected chi connectivity index (χ0v) is 11.2. The molecule has 20 heavy (non-hydrogen) atoms. The van der Waals surface area contributed by atoms with Crippen molar-refractivity contribution in [2.24, 2.45) is 5.84 Å². The van der Waals surface area contributed by atoms with Crippen molar-refractivity contribution in [1.82, 2.24) is 4.98 Å². The number of nitrogens with one attached hydrogen (secondary N) is 2. The molecule has 1 heterocycles. The molecular weight excluding hydrogens is 262 g/mol. The number of rotatable bonds is 4. The molecule has 0 fully saturated rings. The average Bonchev–Trinajstić information content (AvgIpc) is 2.42. The van der Waals surface area contributed by atoms with Gasteiger partial charge in [-0.2, -0.15) is 0 Å². The number of nitrogens with two attached hydrogens (primary N) is 1. The van der Waals surface area contributed by atoms with Gasteiger partial charge in [-0.1, -0.05) is 32.0 Å². The van der Waals surface area contributed by atoms with E-state index >= 15 is 0 Å². The zero-order valence-electron chi connectivity index (χ0n) is 11.2. The molecule has 0 saturated heterocycles. The van der Waals surface area contributed by atoms with E-state index < -0.39 is 11.6 Å². The molecule has 0 aliphatic carbocycles. The smallest absolute Gasteiger partial charge is 0.178 e. The van der Waals surface area contributed by atoms with Gasteiger partial charge in [0.15, 0.2) is 23.3 Å². The highest BCUT2D eigenvalue weighted by molar-refractivity contribution is 5.63. The Labute approximate surface area is 116 Å². The molecule has 1 aromatic heterocycles. The van der Waals surface area contributed by atoms with Crippen LogP contribution in [0.3, 0.4) is 0 Å². The van der Waals surface area contributed by atoms with Gasteiger partial charge < -0.3 is 10.7 Å². The van der Waals surface area contributed by atoms with Crippen LogP contribution in [0, 0.1) is 11.6 Å². The highest BCUT2D eigenvalue weighted by atomic mass is 19.1. The molecule has 0 radical (unpaired) electrons. The predicted molar refractivity (Wildman–Crippen MR) is 75.8 cm³/mol. The molecule has 4 N–H and O–H groups in total. The standard InChI is InChI=1S/C14H16F2N4/c1-8(2)9-5-3-4-6-12(9)18-13-10(15)7-11(16)14(19-13)20-17/h3-8H,17H2,1-2H3,(H2,18,19,20). The Kier molecular flexibility index (Phi) is 4.14. The molecule has 0 aliphatic rings. The third-order valence-electron chi connectivity index (χ3n) is 2.90. The van der Waals surface area contributed by atoms with Gasteiger partial charge in [0.2, 0.25) is 0 Å². The highest BCUT2D eigenvalue weighted by Gasteiger charge is 2.13. The minimum absolute atomic E-state index is 0.0764. The highest BCUT2D eigenvalue weighted by Crippen LogP contribution is 2.28. The number of hydrogen-bond acceptors (Lipinski definition) is 4. The molecule has 0 aliphatic heterocycles. The molecule has 0 bridgehead atoms. The Morgan fingerprint density at radius 3 is 2.40 bits per heavy atom. The number of halogens is 2. The van der Waals surface area contributed by atoms with Crippen molar-refractivity contribution < 1.29 is 8.78 Å². The van der Waals surface area contributed by atoms with Crippen molar-refractivity contribution in [3.05, 3.63) is 47.5 Å². The summed E-state index contributed by atoms with van der Waals surface area (Å²) in [4.78, 5) is 3.79. The van der Waals surface area contributed by atoms with Gasteiger partial charge in [0.1, 0.15) is 0 Å². The number of hydrogen-bond donors (Lipinski definition) is 3. The SMILES string of the molecule is CC(C)c1ccccc1Nc1nc(NN)c(F)cc1F. The number of nitrogens with zero attached hydrogens (tertiary/aromatic N) is 1. The Balaban J connectivity index is 2.40. The monoisotopic (exact) mass is 278 g/mol. The van der Waals surface area contributed by atoms with E-state index in [0.29, 0.717) is 0 Å². The second-order valence-electron chi connectivity index (χ2n) is 4.66. The van der Waals surface area contributed by atoms with Gasteiger partial charge in [0.05, 0.1) is 0 Å². The number of anilines is 3. The normalized spacial score (nSPS) is 10.7. The van der Waals surface area contributed by atoms with E-state index in [2.05, 4.69) is 15.7 Å². The molecule has 2 aromatic rings. The van der Waals surface area contributed by atoms with Crippen LogP contribution < -0.4 is 16.6 Å². The molecule has 0 amide bonds. The van der Waals surface area contributed by atoms with E-state index in [1.807, 2.05) is 38.1 Å². The van der Waals surface area contributed by atoms with Gasteiger partial charge >= 0.3 is 0 Å². The predicted octanol–water partition coefficient (Wildman–Crippen LogP) is 3.51. The van der Waals surface area contributed by atoms with Crippen LogP contribution in [0.15, 0.2) is 30.3 Å². The maximum atomic E-state index is 13.8. The second-order valence-corrected chi connectivity index (χ2v) is 4.66. The van der Waals surface area contributed by atoms with Crippen LogP contribution in [-0.4, -0.2) is 4.98 Å². The minimum atomic E-state index is -0.840. The fourth-order valence-electron chi connectivity index (χ4n) is 1.90. The number of para-hydroxylation sites is 1.